The molecule has 0 spiro atoms. The Bertz CT molecular complexity index is 418. The quantitative estimate of drug-likeness (QED) is 0.189. The summed E-state index contributed by atoms with van der Waals surface area (Å²) < 4.78 is 46.1. The summed E-state index contributed by atoms with van der Waals surface area (Å²) in [7, 11) is 1.69. The van der Waals surface area contributed by atoms with Gasteiger partial charge in [0.25, 0.3) is 0 Å². The third-order valence-corrected chi connectivity index (χ3v) is 4.83. The predicted octanol–water partition coefficient (Wildman–Crippen LogP) is 2.88. The molecular formula is C18H36F3IN4O2. The molecule has 168 valence electrons. The molecule has 0 aromatic carbocycles. The molecule has 0 bridgehead atoms. The van der Waals surface area contributed by atoms with Gasteiger partial charge in [-0.15, -0.1) is 24.0 Å². The van der Waals surface area contributed by atoms with Gasteiger partial charge >= 0.3 is 6.18 Å². The lowest BCUT2D eigenvalue weighted by molar-refractivity contribution is -0.173. The Hall–Kier alpha value is -0.330. The van der Waals surface area contributed by atoms with Crippen LogP contribution in [0.2, 0.25) is 0 Å². The molecule has 1 atom stereocenters. The standard InChI is InChI=1S/C18H35F3N4O2.HI/c1-4-15(5-2)16(25-8-11-26-12-9-25)13-24-17(22-3)23-7-6-10-27-14-18(19,20)21;/h15-16H,4-14H2,1-3H3,(H2,22,23,24);1H. The van der Waals surface area contributed by atoms with Gasteiger partial charge in [-0.05, 0) is 12.3 Å². The van der Waals surface area contributed by atoms with Crippen LogP contribution in [0.3, 0.4) is 0 Å². The van der Waals surface area contributed by atoms with E-state index in [0.717, 1.165) is 45.7 Å². The molecule has 1 heterocycles. The molecule has 1 aliphatic heterocycles. The molecule has 1 fully saturated rings. The highest BCUT2D eigenvalue weighted by Crippen LogP contribution is 2.19. The molecule has 28 heavy (non-hydrogen) atoms. The molecule has 6 nitrogen and oxygen atoms in total. The minimum absolute atomic E-state index is 0. The molecule has 0 aromatic heterocycles. The van der Waals surface area contributed by atoms with Crippen molar-refractivity contribution in [3.8, 4) is 0 Å². The van der Waals surface area contributed by atoms with E-state index in [1.165, 1.54) is 0 Å². The third-order valence-electron chi connectivity index (χ3n) is 4.83. The topological polar surface area (TPSA) is 58.1 Å². The van der Waals surface area contributed by atoms with Gasteiger partial charge in [0, 0.05) is 45.9 Å². The van der Waals surface area contributed by atoms with E-state index in [-0.39, 0.29) is 30.6 Å². The average Bonchev–Trinajstić information content (AvgIpc) is 2.65. The van der Waals surface area contributed by atoms with Gasteiger partial charge in [-0.1, -0.05) is 26.7 Å². The summed E-state index contributed by atoms with van der Waals surface area (Å²) in [5, 5.41) is 6.50. The van der Waals surface area contributed by atoms with Gasteiger partial charge in [0.15, 0.2) is 5.96 Å². The Kier molecular flexibility index (Phi) is 15.3. The number of alkyl halides is 3. The summed E-state index contributed by atoms with van der Waals surface area (Å²) in [5.41, 5.74) is 0. The van der Waals surface area contributed by atoms with Gasteiger partial charge in [0.1, 0.15) is 6.61 Å². The molecule has 10 heteroatoms. The van der Waals surface area contributed by atoms with Crippen LogP contribution in [0.25, 0.3) is 0 Å². The lowest BCUT2D eigenvalue weighted by Gasteiger charge is -2.39. The van der Waals surface area contributed by atoms with Crippen LogP contribution in [-0.4, -0.2) is 82.7 Å². The fraction of sp³-hybridized carbons (Fsp3) is 0.944. The van der Waals surface area contributed by atoms with E-state index < -0.39 is 12.8 Å². The van der Waals surface area contributed by atoms with Crippen LogP contribution in [0.15, 0.2) is 4.99 Å². The average molecular weight is 524 g/mol. The monoisotopic (exact) mass is 524 g/mol. The largest absolute Gasteiger partial charge is 0.411 e. The lowest BCUT2D eigenvalue weighted by atomic mass is 9.92. The first kappa shape index (κ1) is 27.7. The summed E-state index contributed by atoms with van der Waals surface area (Å²) in [4.78, 5) is 6.68. The number of rotatable bonds is 11. The number of halogens is 4. The van der Waals surface area contributed by atoms with Crippen molar-refractivity contribution in [2.45, 2.75) is 45.3 Å². The molecule has 0 radical (unpaired) electrons. The Labute approximate surface area is 184 Å². The molecule has 0 aromatic rings. The predicted molar refractivity (Wildman–Crippen MR) is 117 cm³/mol. The van der Waals surface area contributed by atoms with Crippen LogP contribution >= 0.6 is 24.0 Å². The zero-order chi connectivity index (χ0) is 20.1. The molecule has 1 unspecified atom stereocenters. The first-order valence-electron chi connectivity index (χ1n) is 9.82. The van der Waals surface area contributed by atoms with Crippen LogP contribution in [-0.2, 0) is 9.47 Å². The van der Waals surface area contributed by atoms with Crippen molar-refractivity contribution >= 4 is 29.9 Å². The van der Waals surface area contributed by atoms with Crippen molar-refractivity contribution in [1.82, 2.24) is 15.5 Å². The first-order valence-corrected chi connectivity index (χ1v) is 9.82. The molecule has 0 aliphatic carbocycles. The number of nitrogens with one attached hydrogen (secondary N) is 2. The lowest BCUT2D eigenvalue weighted by Crippen LogP contribution is -2.53. The minimum Gasteiger partial charge on any atom is -0.379 e. The molecule has 1 rings (SSSR count). The number of nitrogens with zero attached hydrogens (tertiary/aromatic N) is 2. The maximum Gasteiger partial charge on any atom is 0.411 e. The normalized spacial score (nSPS) is 17.3. The maximum absolute atomic E-state index is 12.0. The van der Waals surface area contributed by atoms with Crippen LogP contribution < -0.4 is 10.6 Å². The van der Waals surface area contributed by atoms with Crippen LogP contribution in [0.5, 0.6) is 0 Å². The second-order valence-corrected chi connectivity index (χ2v) is 6.69. The number of aliphatic imine (C=N–C) groups is 1. The Morgan fingerprint density at radius 1 is 1.18 bits per heavy atom. The highest BCUT2D eigenvalue weighted by molar-refractivity contribution is 14.0. The Morgan fingerprint density at radius 3 is 2.36 bits per heavy atom. The number of ether oxygens (including phenoxy) is 2. The van der Waals surface area contributed by atoms with Crippen molar-refractivity contribution in [2.24, 2.45) is 10.9 Å². The van der Waals surface area contributed by atoms with Crippen LogP contribution in [0.4, 0.5) is 13.2 Å². The highest BCUT2D eigenvalue weighted by atomic mass is 127. The number of hydrogen-bond donors (Lipinski definition) is 2. The SMILES string of the molecule is CCC(CC)C(CNC(=NC)NCCCOCC(F)(F)F)N1CCOCC1.I. The number of morpholine rings is 1. The van der Waals surface area contributed by atoms with Crippen molar-refractivity contribution in [3.63, 3.8) is 0 Å². The Morgan fingerprint density at radius 2 is 1.82 bits per heavy atom. The summed E-state index contributed by atoms with van der Waals surface area (Å²) in [6, 6.07) is 0.401. The van der Waals surface area contributed by atoms with Crippen LogP contribution in [0, 0.1) is 5.92 Å². The summed E-state index contributed by atoms with van der Waals surface area (Å²) >= 11 is 0. The molecule has 1 aliphatic rings. The van der Waals surface area contributed by atoms with Crippen molar-refractivity contribution in [1.29, 1.82) is 0 Å². The molecule has 2 N–H and O–H groups in total. The zero-order valence-corrected chi connectivity index (χ0v) is 19.5. The van der Waals surface area contributed by atoms with Gasteiger partial charge in [0.2, 0.25) is 0 Å². The molecule has 0 amide bonds. The molecular weight excluding hydrogens is 488 g/mol. The zero-order valence-electron chi connectivity index (χ0n) is 17.2. The van der Waals surface area contributed by atoms with Crippen LogP contribution in [0.1, 0.15) is 33.1 Å². The van der Waals surface area contributed by atoms with E-state index in [9.17, 15) is 13.2 Å². The third kappa shape index (κ3) is 11.6. The second kappa shape index (κ2) is 15.5. The van der Waals surface area contributed by atoms with Gasteiger partial charge in [0.05, 0.1) is 13.2 Å². The number of hydrogen-bond acceptors (Lipinski definition) is 4. The fourth-order valence-electron chi connectivity index (χ4n) is 3.33. The highest BCUT2D eigenvalue weighted by Gasteiger charge is 2.28. The Balaban J connectivity index is 0.00000729. The second-order valence-electron chi connectivity index (χ2n) is 6.69. The smallest absolute Gasteiger partial charge is 0.379 e. The first-order chi connectivity index (χ1) is 12.9. The maximum atomic E-state index is 12.0. The van der Waals surface area contributed by atoms with E-state index in [1.54, 1.807) is 7.05 Å². The van der Waals surface area contributed by atoms with E-state index >= 15 is 0 Å². The van der Waals surface area contributed by atoms with E-state index in [0.29, 0.717) is 30.9 Å². The van der Waals surface area contributed by atoms with Crippen molar-refractivity contribution in [3.05, 3.63) is 0 Å². The van der Waals surface area contributed by atoms with E-state index in [4.69, 9.17) is 4.74 Å². The molecule has 1 saturated heterocycles. The van der Waals surface area contributed by atoms with Crippen molar-refractivity contribution in [2.75, 3.05) is 59.7 Å². The summed E-state index contributed by atoms with van der Waals surface area (Å²) in [5.74, 6) is 1.25. The minimum atomic E-state index is -4.27. The fourth-order valence-corrected chi connectivity index (χ4v) is 3.33. The van der Waals surface area contributed by atoms with E-state index in [1.807, 2.05) is 0 Å². The summed E-state index contributed by atoms with van der Waals surface area (Å²) in [6.45, 7) is 7.98. The molecule has 0 saturated carbocycles. The van der Waals surface area contributed by atoms with Gasteiger partial charge in [-0.2, -0.15) is 13.2 Å². The summed E-state index contributed by atoms with van der Waals surface area (Å²) in [6.07, 6.45) is -1.56. The van der Waals surface area contributed by atoms with E-state index in [2.05, 4.69) is 39.1 Å². The number of guanidine groups is 1. The van der Waals surface area contributed by atoms with Gasteiger partial charge in [-0.3, -0.25) is 9.89 Å². The van der Waals surface area contributed by atoms with Gasteiger partial charge in [-0.25, -0.2) is 0 Å². The van der Waals surface area contributed by atoms with Gasteiger partial charge < -0.3 is 20.1 Å². The van der Waals surface area contributed by atoms with Crippen molar-refractivity contribution < 1.29 is 22.6 Å².